The van der Waals surface area contributed by atoms with Crippen LogP contribution < -0.4 is 14.8 Å². The normalized spacial score (nSPS) is 12.9. The van der Waals surface area contributed by atoms with Crippen LogP contribution in [0.2, 0.25) is 0 Å². The van der Waals surface area contributed by atoms with E-state index >= 15 is 0 Å². The molecule has 4 rings (SSSR count). The molecule has 1 aromatic carbocycles. The van der Waals surface area contributed by atoms with Crippen LogP contribution in [0.15, 0.2) is 36.7 Å². The maximum atomic E-state index is 14.3. The van der Waals surface area contributed by atoms with Crippen LogP contribution >= 0.6 is 0 Å². The summed E-state index contributed by atoms with van der Waals surface area (Å²) in [6, 6.07) is 6.63. The fraction of sp³-hybridized carbons (Fsp3) is 0.304. The molecule has 0 bridgehead atoms. The van der Waals surface area contributed by atoms with E-state index in [1.54, 1.807) is 31.6 Å². The van der Waals surface area contributed by atoms with Crippen LogP contribution in [-0.4, -0.2) is 49.9 Å². The van der Waals surface area contributed by atoms with Crippen molar-refractivity contribution < 1.29 is 23.4 Å². The Morgan fingerprint density at radius 1 is 1.19 bits per heavy atom. The topological polar surface area (TPSA) is 85.5 Å². The Morgan fingerprint density at radius 3 is 2.87 bits per heavy atom. The predicted octanol–water partition coefficient (Wildman–Crippen LogP) is 3.13. The van der Waals surface area contributed by atoms with Gasteiger partial charge in [0.15, 0.2) is 11.6 Å². The first-order valence-electron chi connectivity index (χ1n) is 10.0. The predicted molar refractivity (Wildman–Crippen MR) is 113 cm³/mol. The van der Waals surface area contributed by atoms with Crippen LogP contribution in [-0.2, 0) is 17.6 Å². The average molecular weight is 425 g/mol. The van der Waals surface area contributed by atoms with Crippen LogP contribution in [0.25, 0.3) is 11.3 Å². The third kappa shape index (κ3) is 4.11. The second-order valence-corrected chi connectivity index (χ2v) is 7.16. The molecule has 7 nitrogen and oxygen atoms in total. The molecule has 31 heavy (non-hydrogen) atoms. The molecule has 0 atom stereocenters. The van der Waals surface area contributed by atoms with Gasteiger partial charge in [0.05, 0.1) is 31.2 Å². The number of para-hydroxylation sites is 1. The molecule has 0 spiro atoms. The summed E-state index contributed by atoms with van der Waals surface area (Å²) < 4.78 is 30.5. The second kappa shape index (κ2) is 9.18. The molecule has 0 fully saturated rings. The van der Waals surface area contributed by atoms with E-state index in [1.807, 2.05) is 6.07 Å². The van der Waals surface area contributed by atoms with Crippen molar-refractivity contribution in [3.63, 3.8) is 0 Å². The molecule has 1 aliphatic heterocycles. The smallest absolute Gasteiger partial charge is 0.253 e. The Labute approximate surface area is 179 Å². The summed E-state index contributed by atoms with van der Waals surface area (Å²) >= 11 is 0. The van der Waals surface area contributed by atoms with Crippen LogP contribution in [0, 0.1) is 5.82 Å². The molecule has 0 unspecified atom stereocenters. The molecule has 3 heterocycles. The second-order valence-electron chi connectivity index (χ2n) is 7.16. The summed E-state index contributed by atoms with van der Waals surface area (Å²) in [5, 5.41) is 2.90. The Hall–Kier alpha value is -3.39. The number of nitrogens with one attached hydrogen (secondary N) is 2. The van der Waals surface area contributed by atoms with Crippen molar-refractivity contribution in [1.82, 2.24) is 15.3 Å². The third-order valence-corrected chi connectivity index (χ3v) is 5.29. The Kier molecular flexibility index (Phi) is 6.18. The van der Waals surface area contributed by atoms with E-state index < -0.39 is 5.82 Å². The summed E-state index contributed by atoms with van der Waals surface area (Å²) in [4.78, 5) is 20.4. The van der Waals surface area contributed by atoms with Gasteiger partial charge in [-0.15, -0.1) is 0 Å². The number of carbonyl (C=O) groups excluding carboxylic acids is 1. The molecule has 2 aromatic heterocycles. The molecule has 162 valence electrons. The summed E-state index contributed by atoms with van der Waals surface area (Å²) in [6.07, 6.45) is 4.30. The first-order valence-corrected chi connectivity index (χ1v) is 10.0. The van der Waals surface area contributed by atoms with Gasteiger partial charge in [-0.1, -0.05) is 12.1 Å². The number of methoxy groups -OCH3 is 2. The Bertz CT molecular complexity index is 1100. The fourth-order valence-electron chi connectivity index (χ4n) is 3.90. The number of aromatic amines is 1. The number of ether oxygens (including phenoxy) is 3. The quantitative estimate of drug-likeness (QED) is 0.542. The summed E-state index contributed by atoms with van der Waals surface area (Å²) in [7, 11) is 3.04. The van der Waals surface area contributed by atoms with E-state index in [0.717, 1.165) is 22.5 Å². The van der Waals surface area contributed by atoms with Crippen molar-refractivity contribution in [3.8, 4) is 22.8 Å². The van der Waals surface area contributed by atoms with Crippen molar-refractivity contribution in [1.29, 1.82) is 0 Å². The van der Waals surface area contributed by atoms with E-state index in [9.17, 15) is 9.18 Å². The number of carbonyl (C=O) groups is 1. The van der Waals surface area contributed by atoms with Crippen molar-refractivity contribution in [2.45, 2.75) is 12.8 Å². The Morgan fingerprint density at radius 2 is 2.06 bits per heavy atom. The van der Waals surface area contributed by atoms with Crippen molar-refractivity contribution >= 4 is 5.91 Å². The minimum absolute atomic E-state index is 0.148. The number of benzene rings is 1. The number of hydrogen-bond acceptors (Lipinski definition) is 5. The summed E-state index contributed by atoms with van der Waals surface area (Å²) in [5.74, 6) is 0.157. The third-order valence-electron chi connectivity index (χ3n) is 5.29. The minimum Gasteiger partial charge on any atom is -0.493 e. The molecular weight excluding hydrogens is 401 g/mol. The molecule has 0 saturated carbocycles. The molecular formula is C23H24FN3O4. The SMILES string of the molecule is COCCOc1cnccc1-c1[nH]c2c(c1Cc1cccc(F)c1OC)C(=O)NCC2. The van der Waals surface area contributed by atoms with Gasteiger partial charge in [0.2, 0.25) is 0 Å². The number of rotatable bonds is 8. The number of nitrogens with zero attached hydrogens (tertiary/aromatic N) is 1. The van der Waals surface area contributed by atoms with E-state index in [1.165, 1.54) is 13.2 Å². The van der Waals surface area contributed by atoms with E-state index in [4.69, 9.17) is 14.2 Å². The zero-order chi connectivity index (χ0) is 21.8. The average Bonchev–Trinajstić information content (AvgIpc) is 3.14. The van der Waals surface area contributed by atoms with Crippen molar-refractivity contribution in [3.05, 3.63) is 64.9 Å². The van der Waals surface area contributed by atoms with Gasteiger partial charge in [0.1, 0.15) is 12.4 Å². The maximum Gasteiger partial charge on any atom is 0.253 e. The summed E-state index contributed by atoms with van der Waals surface area (Å²) in [5.41, 5.74) is 4.39. The molecule has 2 N–H and O–H groups in total. The van der Waals surface area contributed by atoms with Crippen molar-refractivity contribution in [2.75, 3.05) is 34.0 Å². The number of hydrogen-bond donors (Lipinski definition) is 2. The van der Waals surface area contributed by atoms with Crippen molar-refractivity contribution in [2.24, 2.45) is 0 Å². The van der Waals surface area contributed by atoms with Gasteiger partial charge in [-0.3, -0.25) is 9.78 Å². The zero-order valence-corrected chi connectivity index (χ0v) is 17.5. The number of H-pyrrole nitrogens is 1. The lowest BCUT2D eigenvalue weighted by atomic mass is 9.94. The van der Waals surface area contributed by atoms with Crippen LogP contribution in [0.5, 0.6) is 11.5 Å². The highest BCUT2D eigenvalue weighted by Gasteiger charge is 2.28. The largest absolute Gasteiger partial charge is 0.493 e. The number of pyridine rings is 1. The highest BCUT2D eigenvalue weighted by Crippen LogP contribution is 2.37. The van der Waals surface area contributed by atoms with E-state index in [0.29, 0.717) is 49.5 Å². The molecule has 0 radical (unpaired) electrons. The van der Waals surface area contributed by atoms with Gasteiger partial charge in [0.25, 0.3) is 5.91 Å². The van der Waals surface area contributed by atoms with Crippen LogP contribution in [0.1, 0.15) is 27.2 Å². The maximum absolute atomic E-state index is 14.3. The standard InChI is InChI=1S/C23H24FN3O4/c1-29-10-11-31-19-13-25-8-6-15(19)21-16(20-18(27-21)7-9-26-23(20)28)12-14-4-3-5-17(24)22(14)30-2/h3-6,8,13,27H,7,9-12H2,1-2H3,(H,26,28). The van der Waals surface area contributed by atoms with E-state index in [-0.39, 0.29) is 11.7 Å². The summed E-state index contributed by atoms with van der Waals surface area (Å²) in [6.45, 7) is 1.36. The number of amides is 1. The van der Waals surface area contributed by atoms with Crippen LogP contribution in [0.3, 0.4) is 0 Å². The zero-order valence-electron chi connectivity index (χ0n) is 17.5. The van der Waals surface area contributed by atoms with Gasteiger partial charge in [-0.2, -0.15) is 0 Å². The first-order chi connectivity index (χ1) is 15.1. The molecule has 0 saturated heterocycles. The molecule has 1 aliphatic rings. The highest BCUT2D eigenvalue weighted by atomic mass is 19.1. The number of fused-ring (bicyclic) bond motifs is 1. The first kappa shape index (κ1) is 20.9. The lowest BCUT2D eigenvalue weighted by molar-refractivity contribution is 0.0945. The Balaban J connectivity index is 1.84. The van der Waals surface area contributed by atoms with Gasteiger partial charge in [-0.25, -0.2) is 4.39 Å². The molecule has 0 aliphatic carbocycles. The van der Waals surface area contributed by atoms with E-state index in [2.05, 4.69) is 15.3 Å². The minimum atomic E-state index is -0.442. The lowest BCUT2D eigenvalue weighted by Crippen LogP contribution is -2.32. The lowest BCUT2D eigenvalue weighted by Gasteiger charge is -2.16. The molecule has 3 aromatic rings. The monoisotopic (exact) mass is 425 g/mol. The number of aromatic nitrogens is 2. The highest BCUT2D eigenvalue weighted by molar-refractivity contribution is 6.00. The van der Waals surface area contributed by atoms with Gasteiger partial charge >= 0.3 is 0 Å². The van der Waals surface area contributed by atoms with Crippen LogP contribution in [0.4, 0.5) is 4.39 Å². The number of halogens is 1. The van der Waals surface area contributed by atoms with Gasteiger partial charge in [-0.05, 0) is 17.7 Å². The van der Waals surface area contributed by atoms with Gasteiger partial charge < -0.3 is 24.5 Å². The fourth-order valence-corrected chi connectivity index (χ4v) is 3.90. The molecule has 8 heteroatoms. The van der Waals surface area contributed by atoms with Gasteiger partial charge in [0, 0.05) is 49.5 Å². The molecule has 1 amide bonds.